The van der Waals surface area contributed by atoms with Gasteiger partial charge >= 0.3 is 0 Å². The molecule has 0 aromatic heterocycles. The van der Waals surface area contributed by atoms with E-state index in [2.05, 4.69) is 21.2 Å². The number of nitrogens with one attached hydrogen (secondary N) is 1. The van der Waals surface area contributed by atoms with Gasteiger partial charge in [0.25, 0.3) is 5.69 Å². The van der Waals surface area contributed by atoms with Crippen molar-refractivity contribution in [1.29, 1.82) is 0 Å². The summed E-state index contributed by atoms with van der Waals surface area (Å²) in [5, 5.41) is 14.2. The van der Waals surface area contributed by atoms with Crippen LogP contribution in [-0.2, 0) is 6.61 Å². The lowest BCUT2D eigenvalue weighted by atomic mass is 10.2. The number of ether oxygens (including phenoxy) is 1. The maximum Gasteiger partial charge on any atom is 0.292 e. The molecular formula is C14H12BrClN2O3. The molecule has 0 aliphatic rings. The van der Waals surface area contributed by atoms with Crippen LogP contribution in [0, 0.1) is 10.1 Å². The summed E-state index contributed by atoms with van der Waals surface area (Å²) in [5.41, 5.74) is 1.29. The number of anilines is 1. The lowest BCUT2D eigenvalue weighted by Gasteiger charge is -2.10. The Morgan fingerprint density at radius 2 is 2.10 bits per heavy atom. The molecule has 2 rings (SSSR count). The Balaban J connectivity index is 2.15. The molecule has 0 atom stereocenters. The Bertz CT molecular complexity index is 679. The van der Waals surface area contributed by atoms with Crippen molar-refractivity contribution < 1.29 is 9.66 Å². The summed E-state index contributed by atoms with van der Waals surface area (Å²) < 4.78 is 6.50. The molecule has 0 amide bonds. The van der Waals surface area contributed by atoms with Crippen LogP contribution in [0.4, 0.5) is 11.4 Å². The normalized spacial score (nSPS) is 10.2. The van der Waals surface area contributed by atoms with Gasteiger partial charge in [-0.25, -0.2) is 0 Å². The van der Waals surface area contributed by atoms with E-state index in [0.717, 1.165) is 10.0 Å². The molecule has 2 aromatic rings. The molecule has 21 heavy (non-hydrogen) atoms. The number of halogens is 2. The summed E-state index contributed by atoms with van der Waals surface area (Å²) in [4.78, 5) is 10.4. The Kier molecular flexibility index (Phi) is 5.03. The van der Waals surface area contributed by atoms with Crippen LogP contribution in [0.15, 0.2) is 40.9 Å². The molecule has 0 saturated carbocycles. The third-order valence-electron chi connectivity index (χ3n) is 2.82. The number of rotatable bonds is 5. The zero-order chi connectivity index (χ0) is 15.4. The average Bonchev–Trinajstić information content (AvgIpc) is 2.45. The Morgan fingerprint density at radius 3 is 2.71 bits per heavy atom. The number of benzene rings is 2. The summed E-state index contributed by atoms with van der Waals surface area (Å²) >= 11 is 9.39. The van der Waals surface area contributed by atoms with Crippen molar-refractivity contribution in [2.24, 2.45) is 0 Å². The van der Waals surface area contributed by atoms with Crippen LogP contribution in [0.5, 0.6) is 5.75 Å². The summed E-state index contributed by atoms with van der Waals surface area (Å²) in [6.45, 7) is 0.272. The molecule has 0 heterocycles. The van der Waals surface area contributed by atoms with Gasteiger partial charge in [-0.3, -0.25) is 10.1 Å². The van der Waals surface area contributed by atoms with Crippen molar-refractivity contribution in [3.63, 3.8) is 0 Å². The molecule has 2 aromatic carbocycles. The first-order valence-corrected chi connectivity index (χ1v) is 7.21. The molecule has 110 valence electrons. The van der Waals surface area contributed by atoms with Gasteiger partial charge in [0, 0.05) is 17.6 Å². The fourth-order valence-electron chi connectivity index (χ4n) is 1.79. The van der Waals surface area contributed by atoms with Crippen molar-refractivity contribution in [1.82, 2.24) is 0 Å². The molecule has 0 unspecified atom stereocenters. The minimum atomic E-state index is -0.429. The van der Waals surface area contributed by atoms with Crippen molar-refractivity contribution in [2.75, 3.05) is 12.4 Å². The van der Waals surface area contributed by atoms with E-state index in [9.17, 15) is 10.1 Å². The third kappa shape index (κ3) is 3.86. The molecule has 1 N–H and O–H groups in total. The highest BCUT2D eigenvalue weighted by atomic mass is 79.9. The second-order valence-electron chi connectivity index (χ2n) is 4.22. The minimum absolute atomic E-state index is 0.0305. The quantitative estimate of drug-likeness (QED) is 0.614. The van der Waals surface area contributed by atoms with Crippen molar-refractivity contribution >= 4 is 38.9 Å². The number of nitrogens with zero attached hydrogens (tertiary/aromatic N) is 1. The maximum absolute atomic E-state index is 10.9. The van der Waals surface area contributed by atoms with Gasteiger partial charge in [-0.2, -0.15) is 0 Å². The zero-order valence-electron chi connectivity index (χ0n) is 11.1. The number of hydrogen-bond donors (Lipinski definition) is 1. The predicted molar refractivity (Wildman–Crippen MR) is 86.1 cm³/mol. The van der Waals surface area contributed by atoms with E-state index < -0.39 is 4.92 Å². The molecule has 0 spiro atoms. The highest BCUT2D eigenvalue weighted by Crippen LogP contribution is 2.29. The lowest BCUT2D eigenvalue weighted by molar-refractivity contribution is -0.384. The van der Waals surface area contributed by atoms with Crippen molar-refractivity contribution in [2.45, 2.75) is 6.61 Å². The van der Waals surface area contributed by atoms with E-state index in [1.807, 2.05) is 6.07 Å². The average molecular weight is 372 g/mol. The van der Waals surface area contributed by atoms with E-state index in [1.54, 1.807) is 31.3 Å². The fraction of sp³-hybridized carbons (Fsp3) is 0.143. The molecule has 0 radical (unpaired) electrons. The van der Waals surface area contributed by atoms with Crippen LogP contribution in [-0.4, -0.2) is 12.0 Å². The summed E-state index contributed by atoms with van der Waals surface area (Å²) in [7, 11) is 1.64. The van der Waals surface area contributed by atoms with Crippen LogP contribution in [0.25, 0.3) is 0 Å². The van der Waals surface area contributed by atoms with Gasteiger partial charge in [0.1, 0.15) is 18.0 Å². The lowest BCUT2D eigenvalue weighted by Crippen LogP contribution is -2.00. The van der Waals surface area contributed by atoms with Gasteiger partial charge in [-0.1, -0.05) is 27.5 Å². The topological polar surface area (TPSA) is 64.4 Å². The maximum atomic E-state index is 10.9. The highest BCUT2D eigenvalue weighted by Gasteiger charge is 2.13. The number of hydrogen-bond acceptors (Lipinski definition) is 4. The van der Waals surface area contributed by atoms with Crippen molar-refractivity contribution in [3.8, 4) is 5.75 Å². The number of nitro benzene ring substituents is 1. The SMILES string of the molecule is CNc1cc(COc2ccc(Br)cc2Cl)ccc1[N+](=O)[O-]. The number of nitro groups is 1. The Labute approximate surface area is 135 Å². The van der Waals surface area contributed by atoms with Gasteiger partial charge in [0.2, 0.25) is 0 Å². The molecular weight excluding hydrogens is 360 g/mol. The molecule has 0 aliphatic carbocycles. The zero-order valence-corrected chi connectivity index (χ0v) is 13.4. The van der Waals surface area contributed by atoms with Crippen LogP contribution < -0.4 is 10.1 Å². The van der Waals surface area contributed by atoms with Gasteiger partial charge < -0.3 is 10.1 Å². The van der Waals surface area contributed by atoms with Gasteiger partial charge in [-0.15, -0.1) is 0 Å². The van der Waals surface area contributed by atoms with E-state index in [4.69, 9.17) is 16.3 Å². The smallest absolute Gasteiger partial charge is 0.292 e. The van der Waals surface area contributed by atoms with Crippen LogP contribution in [0.3, 0.4) is 0 Å². The Hall–Kier alpha value is -1.79. The first-order valence-electron chi connectivity index (χ1n) is 6.04. The fourth-order valence-corrected chi connectivity index (χ4v) is 2.51. The van der Waals surface area contributed by atoms with E-state index in [-0.39, 0.29) is 12.3 Å². The van der Waals surface area contributed by atoms with Crippen LogP contribution in [0.2, 0.25) is 5.02 Å². The summed E-state index contributed by atoms with van der Waals surface area (Å²) in [6.07, 6.45) is 0. The molecule has 0 aliphatic heterocycles. The summed E-state index contributed by atoms with van der Waals surface area (Å²) in [5.74, 6) is 0.559. The second-order valence-corrected chi connectivity index (χ2v) is 5.54. The Morgan fingerprint density at radius 1 is 1.33 bits per heavy atom. The van der Waals surface area contributed by atoms with Crippen LogP contribution in [0.1, 0.15) is 5.56 Å². The summed E-state index contributed by atoms with van der Waals surface area (Å²) in [6, 6.07) is 10.1. The van der Waals surface area contributed by atoms with Gasteiger partial charge in [0.15, 0.2) is 0 Å². The molecule has 5 nitrogen and oxygen atoms in total. The molecule has 0 bridgehead atoms. The molecule has 0 fully saturated rings. The van der Waals surface area contributed by atoms with E-state index in [0.29, 0.717) is 16.5 Å². The molecule has 0 saturated heterocycles. The second kappa shape index (κ2) is 6.78. The monoisotopic (exact) mass is 370 g/mol. The third-order valence-corrected chi connectivity index (χ3v) is 3.60. The first-order chi connectivity index (χ1) is 10.0. The van der Waals surface area contributed by atoms with Crippen LogP contribution >= 0.6 is 27.5 Å². The first kappa shape index (κ1) is 15.6. The van der Waals surface area contributed by atoms with E-state index in [1.165, 1.54) is 6.07 Å². The van der Waals surface area contributed by atoms with Gasteiger partial charge in [0.05, 0.1) is 9.95 Å². The predicted octanol–water partition coefficient (Wildman–Crippen LogP) is 4.63. The van der Waals surface area contributed by atoms with E-state index >= 15 is 0 Å². The minimum Gasteiger partial charge on any atom is -0.487 e. The largest absolute Gasteiger partial charge is 0.487 e. The van der Waals surface area contributed by atoms with Crippen molar-refractivity contribution in [3.05, 3.63) is 61.6 Å². The standard InChI is InChI=1S/C14H12BrClN2O3/c1-17-12-6-9(2-4-13(12)18(19)20)8-21-14-5-3-10(15)7-11(14)16/h2-7,17H,8H2,1H3. The van der Waals surface area contributed by atoms with Gasteiger partial charge in [-0.05, 0) is 35.9 Å². The highest BCUT2D eigenvalue weighted by molar-refractivity contribution is 9.10. The molecule has 7 heteroatoms.